The molecule has 2 rings (SSSR count). The molecule has 20 heavy (non-hydrogen) atoms. The summed E-state index contributed by atoms with van der Waals surface area (Å²) in [6.45, 7) is 6.67. The first-order valence-corrected chi connectivity index (χ1v) is 7.36. The maximum absolute atomic E-state index is 6.01. The number of thiazole rings is 1. The molecule has 2 aromatic heterocycles. The zero-order valence-corrected chi connectivity index (χ0v) is 12.6. The van der Waals surface area contributed by atoms with E-state index in [0.29, 0.717) is 29.8 Å². The zero-order valence-electron chi connectivity index (χ0n) is 11.8. The molecule has 0 aromatic carbocycles. The highest BCUT2D eigenvalue weighted by atomic mass is 32.1. The first-order valence-electron chi connectivity index (χ1n) is 6.48. The maximum atomic E-state index is 6.01. The lowest BCUT2D eigenvalue weighted by atomic mass is 10.2. The molecule has 0 amide bonds. The van der Waals surface area contributed by atoms with Gasteiger partial charge in [0.1, 0.15) is 12.0 Å². The average Bonchev–Trinajstić information content (AvgIpc) is 2.93. The lowest BCUT2D eigenvalue weighted by Crippen LogP contribution is -2.14. The van der Waals surface area contributed by atoms with Gasteiger partial charge in [0.05, 0.1) is 11.1 Å². The number of nitrogens with zero attached hydrogens (tertiary/aromatic N) is 3. The van der Waals surface area contributed by atoms with Gasteiger partial charge >= 0.3 is 0 Å². The van der Waals surface area contributed by atoms with Crippen molar-refractivity contribution in [1.82, 2.24) is 15.0 Å². The van der Waals surface area contributed by atoms with Crippen molar-refractivity contribution in [3.05, 3.63) is 22.9 Å². The monoisotopic (exact) mass is 293 g/mol. The second-order valence-electron chi connectivity index (χ2n) is 4.76. The largest absolute Gasteiger partial charge is 0.473 e. The molecule has 2 aromatic rings. The number of hydrogen-bond donors (Lipinski definition) is 2. The van der Waals surface area contributed by atoms with Crippen molar-refractivity contribution >= 4 is 22.8 Å². The van der Waals surface area contributed by atoms with E-state index in [2.05, 4.69) is 27.2 Å². The molecule has 7 heteroatoms. The molecule has 0 aliphatic heterocycles. The number of nitrogens with two attached hydrogens (primary N) is 1. The number of ether oxygens (including phenoxy) is 1. The molecular weight excluding hydrogens is 274 g/mol. The van der Waals surface area contributed by atoms with Gasteiger partial charge in [0, 0.05) is 24.0 Å². The molecule has 108 valence electrons. The van der Waals surface area contributed by atoms with Gasteiger partial charge < -0.3 is 15.8 Å². The van der Waals surface area contributed by atoms with Gasteiger partial charge in [-0.2, -0.15) is 4.98 Å². The molecule has 0 spiro atoms. The van der Waals surface area contributed by atoms with Gasteiger partial charge in [-0.1, -0.05) is 6.92 Å². The molecule has 0 aliphatic rings. The topological polar surface area (TPSA) is 86.0 Å². The van der Waals surface area contributed by atoms with Crippen LogP contribution in [0.5, 0.6) is 5.88 Å². The van der Waals surface area contributed by atoms with Gasteiger partial charge in [-0.3, -0.25) is 0 Å². The molecule has 0 saturated carbocycles. The van der Waals surface area contributed by atoms with Crippen molar-refractivity contribution in [2.75, 3.05) is 17.6 Å². The Bertz CT molecular complexity index is 544. The lowest BCUT2D eigenvalue weighted by Gasteiger charge is -2.15. The number of rotatable bonds is 6. The lowest BCUT2D eigenvalue weighted by molar-refractivity contribution is 0.234. The predicted octanol–water partition coefficient (Wildman–Crippen LogP) is 2.52. The van der Waals surface area contributed by atoms with E-state index in [4.69, 9.17) is 10.5 Å². The minimum absolute atomic E-state index is 0.0225. The fourth-order valence-corrected chi connectivity index (χ4v) is 2.35. The zero-order chi connectivity index (χ0) is 14.5. The van der Waals surface area contributed by atoms with Crippen LogP contribution in [0, 0.1) is 0 Å². The smallest absolute Gasteiger partial charge is 0.242 e. The molecule has 1 unspecified atom stereocenters. The minimum Gasteiger partial charge on any atom is -0.473 e. The van der Waals surface area contributed by atoms with Gasteiger partial charge in [0.25, 0.3) is 0 Å². The Balaban J connectivity index is 2.02. The summed E-state index contributed by atoms with van der Waals surface area (Å²) in [6.07, 6.45) is 3.28. The molecule has 0 bridgehead atoms. The number of anilines is 2. The van der Waals surface area contributed by atoms with E-state index in [0.717, 1.165) is 5.01 Å². The van der Waals surface area contributed by atoms with E-state index in [1.165, 1.54) is 6.33 Å². The quantitative estimate of drug-likeness (QED) is 0.851. The Morgan fingerprint density at radius 2 is 2.10 bits per heavy atom. The van der Waals surface area contributed by atoms with Crippen LogP contribution in [-0.4, -0.2) is 27.6 Å². The van der Waals surface area contributed by atoms with Crippen molar-refractivity contribution in [1.29, 1.82) is 0 Å². The maximum Gasteiger partial charge on any atom is 0.242 e. The van der Waals surface area contributed by atoms with Crippen LogP contribution in [0.1, 0.15) is 31.7 Å². The van der Waals surface area contributed by atoms with Crippen LogP contribution >= 0.6 is 11.3 Å². The Morgan fingerprint density at radius 1 is 1.30 bits per heavy atom. The Labute approximate surface area is 122 Å². The van der Waals surface area contributed by atoms with Crippen molar-refractivity contribution in [3.63, 3.8) is 0 Å². The van der Waals surface area contributed by atoms with Crippen LogP contribution in [0.4, 0.5) is 11.5 Å². The molecule has 1 atom stereocenters. The average molecular weight is 293 g/mol. The summed E-state index contributed by atoms with van der Waals surface area (Å²) < 4.78 is 5.54. The number of nitrogen functional groups attached to an aromatic ring is 1. The molecular formula is C13H19N5OS. The van der Waals surface area contributed by atoms with Gasteiger partial charge in [0.2, 0.25) is 5.88 Å². The van der Waals surface area contributed by atoms with Crippen molar-refractivity contribution in [2.24, 2.45) is 0 Å². The van der Waals surface area contributed by atoms with E-state index in [1.54, 1.807) is 11.3 Å². The molecule has 0 radical (unpaired) electrons. The highest BCUT2D eigenvalue weighted by molar-refractivity contribution is 7.09. The standard InChI is InChI=1S/C13H19N5OS/c1-8(2)19-12-10(14)11(17-7-18-12)16-6-9(3)13-15-4-5-20-13/h4-5,7-9H,6,14H2,1-3H3,(H,16,17,18). The highest BCUT2D eigenvalue weighted by Gasteiger charge is 2.13. The summed E-state index contributed by atoms with van der Waals surface area (Å²) in [5.74, 6) is 1.30. The van der Waals surface area contributed by atoms with Crippen LogP contribution in [0.2, 0.25) is 0 Å². The molecule has 0 saturated heterocycles. The second-order valence-corrected chi connectivity index (χ2v) is 5.69. The third kappa shape index (κ3) is 3.57. The summed E-state index contributed by atoms with van der Waals surface area (Å²) in [7, 11) is 0. The minimum atomic E-state index is 0.0225. The summed E-state index contributed by atoms with van der Waals surface area (Å²) in [4.78, 5) is 12.5. The van der Waals surface area contributed by atoms with E-state index in [1.807, 2.05) is 25.4 Å². The number of hydrogen-bond acceptors (Lipinski definition) is 7. The van der Waals surface area contributed by atoms with Crippen molar-refractivity contribution in [2.45, 2.75) is 32.8 Å². The third-order valence-electron chi connectivity index (χ3n) is 2.64. The van der Waals surface area contributed by atoms with Crippen LogP contribution in [-0.2, 0) is 0 Å². The first kappa shape index (κ1) is 14.5. The first-order chi connectivity index (χ1) is 9.58. The van der Waals surface area contributed by atoms with E-state index < -0.39 is 0 Å². The van der Waals surface area contributed by atoms with Crippen molar-refractivity contribution in [3.8, 4) is 5.88 Å². The molecule has 0 fully saturated rings. The van der Waals surface area contributed by atoms with Gasteiger partial charge in [0.15, 0.2) is 5.82 Å². The normalized spacial score (nSPS) is 12.4. The Hall–Kier alpha value is -1.89. The summed E-state index contributed by atoms with van der Waals surface area (Å²) in [6, 6.07) is 0. The Morgan fingerprint density at radius 3 is 2.75 bits per heavy atom. The second kappa shape index (κ2) is 6.51. The number of nitrogens with one attached hydrogen (secondary N) is 1. The van der Waals surface area contributed by atoms with Crippen LogP contribution in [0.3, 0.4) is 0 Å². The van der Waals surface area contributed by atoms with Gasteiger partial charge in [-0.15, -0.1) is 11.3 Å². The summed E-state index contributed by atoms with van der Waals surface area (Å²) in [5, 5.41) is 6.28. The number of aromatic nitrogens is 3. The van der Waals surface area contributed by atoms with Gasteiger partial charge in [-0.05, 0) is 13.8 Å². The third-order valence-corrected chi connectivity index (χ3v) is 3.65. The molecule has 0 aliphatic carbocycles. The van der Waals surface area contributed by atoms with Crippen LogP contribution in [0.15, 0.2) is 17.9 Å². The summed E-state index contributed by atoms with van der Waals surface area (Å²) in [5.41, 5.74) is 6.45. The molecule has 3 N–H and O–H groups in total. The van der Waals surface area contributed by atoms with E-state index in [-0.39, 0.29) is 6.10 Å². The SMILES string of the molecule is CC(C)Oc1ncnc(NCC(C)c2nccs2)c1N. The Kier molecular flexibility index (Phi) is 4.73. The van der Waals surface area contributed by atoms with Crippen LogP contribution < -0.4 is 15.8 Å². The van der Waals surface area contributed by atoms with Crippen LogP contribution in [0.25, 0.3) is 0 Å². The molecule has 6 nitrogen and oxygen atoms in total. The van der Waals surface area contributed by atoms with E-state index >= 15 is 0 Å². The summed E-state index contributed by atoms with van der Waals surface area (Å²) >= 11 is 1.64. The predicted molar refractivity (Wildman–Crippen MR) is 81.2 cm³/mol. The fraction of sp³-hybridized carbons (Fsp3) is 0.462. The van der Waals surface area contributed by atoms with Gasteiger partial charge in [-0.25, -0.2) is 9.97 Å². The van der Waals surface area contributed by atoms with Crippen molar-refractivity contribution < 1.29 is 4.74 Å². The van der Waals surface area contributed by atoms with E-state index in [9.17, 15) is 0 Å². The molecule has 2 heterocycles. The highest BCUT2D eigenvalue weighted by Crippen LogP contribution is 2.26. The fourth-order valence-electron chi connectivity index (χ4n) is 1.65.